The van der Waals surface area contributed by atoms with Crippen LogP contribution in [0.2, 0.25) is 0 Å². The van der Waals surface area contributed by atoms with Crippen LogP contribution in [0, 0.1) is 5.82 Å². The summed E-state index contributed by atoms with van der Waals surface area (Å²) in [5, 5.41) is 3.12. The molecule has 0 saturated carbocycles. The van der Waals surface area contributed by atoms with Crippen LogP contribution in [-0.4, -0.2) is 12.7 Å². The van der Waals surface area contributed by atoms with Gasteiger partial charge in [-0.3, -0.25) is 0 Å². The van der Waals surface area contributed by atoms with Crippen LogP contribution in [0.15, 0.2) is 24.3 Å². The fourth-order valence-electron chi connectivity index (χ4n) is 1.96. The summed E-state index contributed by atoms with van der Waals surface area (Å²) in [6.07, 6.45) is -0.344. The molecule has 1 aromatic rings. The van der Waals surface area contributed by atoms with Crippen LogP contribution in [-0.2, 0) is 5.54 Å². The van der Waals surface area contributed by atoms with E-state index < -0.39 is 6.17 Å². The van der Waals surface area contributed by atoms with Gasteiger partial charge in [0.15, 0.2) is 0 Å². The molecule has 0 aliphatic carbocycles. The van der Waals surface area contributed by atoms with Crippen molar-refractivity contribution in [3.8, 4) is 0 Å². The molecule has 1 aliphatic heterocycles. The number of halogens is 2. The van der Waals surface area contributed by atoms with Crippen molar-refractivity contribution in [2.75, 3.05) is 6.54 Å². The van der Waals surface area contributed by atoms with E-state index in [-0.39, 0.29) is 11.4 Å². The first-order chi connectivity index (χ1) is 6.60. The Morgan fingerprint density at radius 1 is 1.36 bits per heavy atom. The molecule has 2 atom stereocenters. The molecule has 1 fully saturated rings. The van der Waals surface area contributed by atoms with Crippen LogP contribution in [0.4, 0.5) is 8.78 Å². The van der Waals surface area contributed by atoms with Gasteiger partial charge in [-0.2, -0.15) is 0 Å². The molecular formula is C11H13F2N. The zero-order valence-electron chi connectivity index (χ0n) is 8.06. The molecule has 1 aliphatic rings. The zero-order chi connectivity index (χ0) is 10.2. The average molecular weight is 197 g/mol. The van der Waals surface area contributed by atoms with Gasteiger partial charge in [-0.05, 0) is 24.6 Å². The predicted octanol–water partition coefficient (Wildman–Crippen LogP) is 2.37. The van der Waals surface area contributed by atoms with E-state index in [1.165, 1.54) is 12.1 Å². The quantitative estimate of drug-likeness (QED) is 0.728. The first kappa shape index (κ1) is 9.59. The summed E-state index contributed by atoms with van der Waals surface area (Å²) in [7, 11) is 0. The maximum absolute atomic E-state index is 13.0. The molecule has 1 nitrogen and oxygen atoms in total. The maximum atomic E-state index is 13.0. The maximum Gasteiger partial charge on any atom is 0.123 e. The summed E-state index contributed by atoms with van der Waals surface area (Å²) >= 11 is 0. The van der Waals surface area contributed by atoms with Crippen LogP contribution in [0.1, 0.15) is 18.9 Å². The fraction of sp³-hybridized carbons (Fsp3) is 0.455. The summed E-state index contributed by atoms with van der Waals surface area (Å²) < 4.78 is 25.7. The molecule has 2 unspecified atom stereocenters. The van der Waals surface area contributed by atoms with Crippen LogP contribution in [0.3, 0.4) is 0 Å². The smallest absolute Gasteiger partial charge is 0.123 e. The molecule has 0 bridgehead atoms. The Kier molecular flexibility index (Phi) is 2.27. The van der Waals surface area contributed by atoms with Crippen molar-refractivity contribution < 1.29 is 8.78 Å². The monoisotopic (exact) mass is 197 g/mol. The summed E-state index contributed by atoms with van der Waals surface area (Å²) in [6, 6.07) is 6.24. The molecule has 3 heteroatoms. The third-order valence-corrected chi connectivity index (χ3v) is 2.82. The highest BCUT2D eigenvalue weighted by molar-refractivity contribution is 5.25. The number of hydrogen-bond donors (Lipinski definition) is 1. The van der Waals surface area contributed by atoms with Crippen LogP contribution < -0.4 is 5.32 Å². The fourth-order valence-corrected chi connectivity index (χ4v) is 1.96. The average Bonchev–Trinajstić information content (AvgIpc) is 2.48. The number of nitrogens with one attached hydrogen (secondary N) is 1. The van der Waals surface area contributed by atoms with E-state index in [0.717, 1.165) is 5.56 Å². The SMILES string of the molecule is CC1(c2ccc(F)cc2)CC(F)CN1. The Labute approximate surface area is 82.1 Å². The van der Waals surface area contributed by atoms with Gasteiger partial charge < -0.3 is 5.32 Å². The topological polar surface area (TPSA) is 12.0 Å². The van der Waals surface area contributed by atoms with Crippen molar-refractivity contribution >= 4 is 0 Å². The van der Waals surface area contributed by atoms with E-state index in [9.17, 15) is 8.78 Å². The highest BCUT2D eigenvalue weighted by atomic mass is 19.1. The Balaban J connectivity index is 2.26. The molecule has 0 aromatic heterocycles. The standard InChI is InChI=1S/C11H13F2N/c1-11(6-10(13)7-14-11)8-2-4-9(12)5-3-8/h2-5,10,14H,6-7H2,1H3. The van der Waals surface area contributed by atoms with Gasteiger partial charge in [0.1, 0.15) is 12.0 Å². The highest BCUT2D eigenvalue weighted by Gasteiger charge is 2.35. The zero-order valence-corrected chi connectivity index (χ0v) is 8.06. The lowest BCUT2D eigenvalue weighted by Gasteiger charge is -2.24. The second kappa shape index (κ2) is 3.31. The Morgan fingerprint density at radius 3 is 2.50 bits per heavy atom. The van der Waals surface area contributed by atoms with Crippen LogP contribution in [0.25, 0.3) is 0 Å². The van der Waals surface area contributed by atoms with Gasteiger partial charge >= 0.3 is 0 Å². The molecule has 1 N–H and O–H groups in total. The van der Waals surface area contributed by atoms with Gasteiger partial charge in [-0.25, -0.2) is 8.78 Å². The lowest BCUT2D eigenvalue weighted by atomic mass is 9.90. The number of alkyl halides is 1. The first-order valence-corrected chi connectivity index (χ1v) is 4.75. The van der Waals surface area contributed by atoms with Gasteiger partial charge in [-0.1, -0.05) is 12.1 Å². The minimum Gasteiger partial charge on any atom is -0.305 e. The van der Waals surface area contributed by atoms with Crippen molar-refractivity contribution in [2.45, 2.75) is 25.1 Å². The predicted molar refractivity (Wildman–Crippen MR) is 51.3 cm³/mol. The molecule has 1 aromatic carbocycles. The summed E-state index contributed by atoms with van der Waals surface area (Å²) in [6.45, 7) is 2.33. The molecular weight excluding hydrogens is 184 g/mol. The highest BCUT2D eigenvalue weighted by Crippen LogP contribution is 2.31. The Hall–Kier alpha value is -0.960. The molecule has 0 spiro atoms. The van der Waals surface area contributed by atoms with Crippen LogP contribution >= 0.6 is 0 Å². The third-order valence-electron chi connectivity index (χ3n) is 2.82. The minimum atomic E-state index is -0.801. The first-order valence-electron chi connectivity index (χ1n) is 4.75. The number of rotatable bonds is 1. The molecule has 1 saturated heterocycles. The van der Waals surface area contributed by atoms with Gasteiger partial charge in [0.25, 0.3) is 0 Å². The molecule has 2 rings (SSSR count). The largest absolute Gasteiger partial charge is 0.305 e. The molecule has 1 heterocycles. The second-order valence-corrected chi connectivity index (χ2v) is 4.02. The Bertz CT molecular complexity index is 323. The normalized spacial score (nSPS) is 32.1. The molecule has 0 amide bonds. The van der Waals surface area contributed by atoms with Gasteiger partial charge in [-0.15, -0.1) is 0 Å². The van der Waals surface area contributed by atoms with Gasteiger partial charge in [0.2, 0.25) is 0 Å². The van der Waals surface area contributed by atoms with E-state index in [4.69, 9.17) is 0 Å². The van der Waals surface area contributed by atoms with Gasteiger partial charge in [0.05, 0.1) is 0 Å². The van der Waals surface area contributed by atoms with Crippen molar-refractivity contribution in [3.63, 3.8) is 0 Å². The lowest BCUT2D eigenvalue weighted by molar-refractivity contribution is 0.333. The van der Waals surface area contributed by atoms with Gasteiger partial charge in [0, 0.05) is 18.5 Å². The van der Waals surface area contributed by atoms with Crippen molar-refractivity contribution in [2.24, 2.45) is 0 Å². The summed E-state index contributed by atoms with van der Waals surface area (Å²) in [4.78, 5) is 0. The molecule has 14 heavy (non-hydrogen) atoms. The second-order valence-electron chi connectivity index (χ2n) is 4.02. The number of benzene rings is 1. The van der Waals surface area contributed by atoms with E-state index in [1.54, 1.807) is 12.1 Å². The van der Waals surface area contributed by atoms with Crippen molar-refractivity contribution in [1.29, 1.82) is 0 Å². The van der Waals surface area contributed by atoms with Crippen molar-refractivity contribution in [1.82, 2.24) is 5.32 Å². The summed E-state index contributed by atoms with van der Waals surface area (Å²) in [5.41, 5.74) is 0.603. The van der Waals surface area contributed by atoms with E-state index >= 15 is 0 Å². The third kappa shape index (κ3) is 1.64. The number of hydrogen-bond acceptors (Lipinski definition) is 1. The van der Waals surface area contributed by atoms with E-state index in [1.807, 2.05) is 6.92 Å². The van der Waals surface area contributed by atoms with E-state index in [2.05, 4.69) is 5.32 Å². The minimum absolute atomic E-state index is 0.257. The lowest BCUT2D eigenvalue weighted by Crippen LogP contribution is -2.32. The van der Waals surface area contributed by atoms with Crippen LogP contribution in [0.5, 0.6) is 0 Å². The summed E-state index contributed by atoms with van der Waals surface area (Å²) in [5.74, 6) is -0.257. The Morgan fingerprint density at radius 2 is 2.00 bits per heavy atom. The molecule has 76 valence electrons. The molecule has 0 radical (unpaired) electrons. The van der Waals surface area contributed by atoms with Crippen molar-refractivity contribution in [3.05, 3.63) is 35.6 Å². The van der Waals surface area contributed by atoms with E-state index in [0.29, 0.717) is 13.0 Å².